The van der Waals surface area contributed by atoms with Crippen molar-refractivity contribution in [2.45, 2.75) is 39.4 Å². The van der Waals surface area contributed by atoms with Crippen molar-refractivity contribution in [1.29, 1.82) is 0 Å². The summed E-state index contributed by atoms with van der Waals surface area (Å²) in [5.74, 6) is 0. The summed E-state index contributed by atoms with van der Waals surface area (Å²) in [6.07, 6.45) is 0. The van der Waals surface area contributed by atoms with Crippen molar-refractivity contribution in [3.8, 4) is 0 Å². The van der Waals surface area contributed by atoms with Crippen LogP contribution in [0.3, 0.4) is 0 Å². The lowest BCUT2D eigenvalue weighted by molar-refractivity contribution is 0.676. The molecule has 0 saturated heterocycles. The number of nitrogens with zero attached hydrogens (tertiary/aromatic N) is 1. The number of hydrogen-bond donors (Lipinski definition) is 1. The molecule has 2 aromatic rings. The zero-order valence-corrected chi connectivity index (χ0v) is 14.5. The van der Waals surface area contributed by atoms with Crippen molar-refractivity contribution in [3.63, 3.8) is 0 Å². The minimum atomic E-state index is 0.0204. The molecule has 0 aliphatic carbocycles. The highest BCUT2D eigenvalue weighted by Crippen LogP contribution is 2.31. The third-order valence-corrected chi connectivity index (χ3v) is 4.67. The van der Waals surface area contributed by atoms with Gasteiger partial charge in [0.15, 0.2) is 0 Å². The van der Waals surface area contributed by atoms with E-state index in [-0.39, 0.29) is 6.04 Å². The van der Waals surface area contributed by atoms with E-state index in [4.69, 9.17) is 5.73 Å². The van der Waals surface area contributed by atoms with E-state index in [0.29, 0.717) is 6.04 Å². The summed E-state index contributed by atoms with van der Waals surface area (Å²) in [6, 6.07) is 11.1. The summed E-state index contributed by atoms with van der Waals surface area (Å²) in [5, 5.41) is 2.13. The molecule has 1 aromatic heterocycles. The summed E-state index contributed by atoms with van der Waals surface area (Å²) < 4.78 is 1.08. The van der Waals surface area contributed by atoms with E-state index < -0.39 is 0 Å². The molecule has 1 atom stereocenters. The zero-order chi connectivity index (χ0) is 14.7. The Morgan fingerprint density at radius 3 is 2.55 bits per heavy atom. The van der Waals surface area contributed by atoms with Crippen LogP contribution < -0.4 is 10.6 Å². The molecule has 2 nitrogen and oxygen atoms in total. The van der Waals surface area contributed by atoms with Crippen molar-refractivity contribution in [2.24, 2.45) is 5.73 Å². The van der Waals surface area contributed by atoms with Crippen LogP contribution >= 0.6 is 27.3 Å². The molecular formula is C16H21BrN2S. The molecule has 0 aliphatic heterocycles. The predicted molar refractivity (Wildman–Crippen MR) is 92.4 cm³/mol. The van der Waals surface area contributed by atoms with Crippen molar-refractivity contribution < 1.29 is 0 Å². The summed E-state index contributed by atoms with van der Waals surface area (Å²) in [4.78, 5) is 3.79. The van der Waals surface area contributed by atoms with Gasteiger partial charge in [0.25, 0.3) is 0 Å². The second-order valence-electron chi connectivity index (χ2n) is 5.29. The highest BCUT2D eigenvalue weighted by Gasteiger charge is 2.17. The second-order valence-corrected chi connectivity index (χ2v) is 7.24. The molecule has 1 unspecified atom stereocenters. The van der Waals surface area contributed by atoms with E-state index in [2.05, 4.69) is 70.4 Å². The number of halogens is 1. The van der Waals surface area contributed by atoms with Gasteiger partial charge < -0.3 is 10.6 Å². The van der Waals surface area contributed by atoms with Crippen LogP contribution in [-0.2, 0) is 6.54 Å². The number of anilines is 1. The second kappa shape index (κ2) is 6.74. The van der Waals surface area contributed by atoms with Crippen LogP contribution in [0.4, 0.5) is 5.69 Å². The molecule has 0 saturated carbocycles. The Bertz CT molecular complexity index is 550. The molecule has 108 valence electrons. The van der Waals surface area contributed by atoms with Crippen LogP contribution in [0.25, 0.3) is 0 Å². The van der Waals surface area contributed by atoms with E-state index in [1.54, 1.807) is 11.3 Å². The van der Waals surface area contributed by atoms with E-state index in [1.165, 1.54) is 16.1 Å². The SMILES string of the molecule is CC(N)c1cc(Br)ccc1N(Cc1cccs1)C(C)C. The Morgan fingerprint density at radius 1 is 1.25 bits per heavy atom. The van der Waals surface area contributed by atoms with Crippen LogP contribution in [0.1, 0.15) is 37.3 Å². The highest BCUT2D eigenvalue weighted by atomic mass is 79.9. The average Bonchev–Trinajstić information content (AvgIpc) is 2.89. The molecule has 0 radical (unpaired) electrons. The molecule has 0 bridgehead atoms. The maximum absolute atomic E-state index is 6.15. The van der Waals surface area contributed by atoms with Gasteiger partial charge in [0.1, 0.15) is 0 Å². The Morgan fingerprint density at radius 2 is 2.00 bits per heavy atom. The van der Waals surface area contributed by atoms with Crippen LogP contribution in [0.5, 0.6) is 0 Å². The molecule has 4 heteroatoms. The maximum atomic E-state index is 6.15. The van der Waals surface area contributed by atoms with Gasteiger partial charge in [-0.2, -0.15) is 0 Å². The van der Waals surface area contributed by atoms with Gasteiger partial charge >= 0.3 is 0 Å². The van der Waals surface area contributed by atoms with Crippen LogP contribution in [0.15, 0.2) is 40.2 Å². The molecule has 0 spiro atoms. The summed E-state index contributed by atoms with van der Waals surface area (Å²) >= 11 is 5.34. The number of hydrogen-bond acceptors (Lipinski definition) is 3. The van der Waals surface area contributed by atoms with E-state index in [1.807, 2.05) is 6.92 Å². The number of benzene rings is 1. The molecule has 2 N–H and O–H groups in total. The topological polar surface area (TPSA) is 29.3 Å². The Kier molecular flexibility index (Phi) is 5.24. The Labute approximate surface area is 133 Å². The average molecular weight is 353 g/mol. The van der Waals surface area contributed by atoms with Crippen molar-refractivity contribution in [1.82, 2.24) is 0 Å². The van der Waals surface area contributed by atoms with E-state index in [9.17, 15) is 0 Å². The fourth-order valence-corrected chi connectivity index (χ4v) is 3.35. The molecule has 0 fully saturated rings. The maximum Gasteiger partial charge on any atom is 0.0525 e. The molecule has 1 aromatic carbocycles. The largest absolute Gasteiger partial charge is 0.364 e. The van der Waals surface area contributed by atoms with Gasteiger partial charge in [0.2, 0.25) is 0 Å². The van der Waals surface area contributed by atoms with Crippen LogP contribution in [0.2, 0.25) is 0 Å². The Balaban J connectivity index is 2.38. The van der Waals surface area contributed by atoms with Gasteiger partial charge in [0, 0.05) is 27.1 Å². The van der Waals surface area contributed by atoms with Crippen LogP contribution in [0, 0.1) is 0 Å². The minimum Gasteiger partial charge on any atom is -0.364 e. The molecule has 0 amide bonds. The van der Waals surface area contributed by atoms with Gasteiger partial charge in [-0.25, -0.2) is 0 Å². The zero-order valence-electron chi connectivity index (χ0n) is 12.1. The third kappa shape index (κ3) is 3.62. The van der Waals surface area contributed by atoms with Crippen molar-refractivity contribution >= 4 is 33.0 Å². The standard InChI is InChI=1S/C16H21BrN2S/c1-11(2)19(10-14-5-4-8-20-14)16-7-6-13(17)9-15(16)12(3)18/h4-9,11-12H,10,18H2,1-3H3. The predicted octanol–water partition coefficient (Wildman–Crippen LogP) is 4.95. The molecular weight excluding hydrogens is 332 g/mol. The summed E-state index contributed by atoms with van der Waals surface area (Å²) in [5.41, 5.74) is 8.56. The lowest BCUT2D eigenvalue weighted by Gasteiger charge is -2.31. The first-order valence-electron chi connectivity index (χ1n) is 6.83. The lowest BCUT2D eigenvalue weighted by atomic mass is 10.0. The third-order valence-electron chi connectivity index (χ3n) is 3.32. The Hall–Kier alpha value is -0.840. The lowest BCUT2D eigenvalue weighted by Crippen LogP contribution is -2.31. The molecule has 0 aliphatic rings. The number of thiophene rings is 1. The highest BCUT2D eigenvalue weighted by molar-refractivity contribution is 9.10. The fraction of sp³-hybridized carbons (Fsp3) is 0.375. The van der Waals surface area contributed by atoms with Crippen LogP contribution in [-0.4, -0.2) is 6.04 Å². The number of rotatable bonds is 5. The monoisotopic (exact) mass is 352 g/mol. The fourth-order valence-electron chi connectivity index (χ4n) is 2.27. The first kappa shape index (κ1) is 15.5. The quantitative estimate of drug-likeness (QED) is 0.824. The smallest absolute Gasteiger partial charge is 0.0525 e. The van der Waals surface area contributed by atoms with Gasteiger partial charge in [-0.05, 0) is 56.0 Å². The molecule has 2 rings (SSSR count). The summed E-state index contributed by atoms with van der Waals surface area (Å²) in [7, 11) is 0. The number of nitrogens with two attached hydrogens (primary N) is 1. The van der Waals surface area contributed by atoms with Gasteiger partial charge in [-0.1, -0.05) is 22.0 Å². The van der Waals surface area contributed by atoms with Gasteiger partial charge in [0.05, 0.1) is 6.54 Å². The van der Waals surface area contributed by atoms with Crippen molar-refractivity contribution in [3.05, 3.63) is 50.6 Å². The van der Waals surface area contributed by atoms with Gasteiger partial charge in [-0.15, -0.1) is 11.3 Å². The van der Waals surface area contributed by atoms with Crippen molar-refractivity contribution in [2.75, 3.05) is 4.90 Å². The minimum absolute atomic E-state index is 0.0204. The van der Waals surface area contributed by atoms with E-state index >= 15 is 0 Å². The molecule has 20 heavy (non-hydrogen) atoms. The first-order valence-corrected chi connectivity index (χ1v) is 8.50. The van der Waals surface area contributed by atoms with Gasteiger partial charge in [-0.3, -0.25) is 0 Å². The molecule has 1 heterocycles. The first-order chi connectivity index (χ1) is 9.49. The summed E-state index contributed by atoms with van der Waals surface area (Å²) in [6.45, 7) is 7.41. The van der Waals surface area contributed by atoms with E-state index in [0.717, 1.165) is 11.0 Å². The normalized spacial score (nSPS) is 12.7.